The first kappa shape index (κ1) is 12.8. The maximum absolute atomic E-state index is 12.5. The molecule has 0 unspecified atom stereocenters. The lowest BCUT2D eigenvalue weighted by atomic mass is 9.99. The molecule has 1 aromatic carbocycles. The zero-order valence-electron chi connectivity index (χ0n) is 10.6. The second kappa shape index (κ2) is 5.05. The summed E-state index contributed by atoms with van der Waals surface area (Å²) in [6.07, 6.45) is 1.38. The highest BCUT2D eigenvalue weighted by Gasteiger charge is 2.28. The lowest BCUT2D eigenvalue weighted by Crippen LogP contribution is -2.35. The molecular formula is C14H12N2O3S. The molecule has 0 radical (unpaired) electrons. The molecule has 1 amide bonds. The molecule has 0 saturated heterocycles. The number of hydrogen-bond donors (Lipinski definition) is 0. The van der Waals surface area contributed by atoms with E-state index in [1.165, 1.54) is 17.4 Å². The lowest BCUT2D eigenvalue weighted by Gasteiger charge is -2.28. The van der Waals surface area contributed by atoms with Crippen LogP contribution in [0.25, 0.3) is 0 Å². The van der Waals surface area contributed by atoms with Crippen LogP contribution in [0.5, 0.6) is 0 Å². The number of hydrogen-bond acceptors (Lipinski definition) is 4. The highest BCUT2D eigenvalue weighted by molar-refractivity contribution is 7.08. The van der Waals surface area contributed by atoms with Gasteiger partial charge in [-0.1, -0.05) is 6.07 Å². The smallest absolute Gasteiger partial charge is 0.274 e. The topological polar surface area (TPSA) is 63.5 Å². The first-order chi connectivity index (χ1) is 9.68. The molecule has 20 heavy (non-hydrogen) atoms. The summed E-state index contributed by atoms with van der Waals surface area (Å²) in [7, 11) is 0. The number of anilines is 1. The fourth-order valence-corrected chi connectivity index (χ4v) is 3.16. The fourth-order valence-electron chi connectivity index (χ4n) is 2.53. The molecule has 0 saturated carbocycles. The summed E-state index contributed by atoms with van der Waals surface area (Å²) in [5, 5.41) is 14.7. The molecule has 5 nitrogen and oxygen atoms in total. The van der Waals surface area contributed by atoms with Gasteiger partial charge in [0.25, 0.3) is 11.6 Å². The molecule has 0 spiro atoms. The maximum Gasteiger partial charge on any atom is 0.274 e. The van der Waals surface area contributed by atoms with Gasteiger partial charge in [0, 0.05) is 18.0 Å². The number of benzene rings is 1. The van der Waals surface area contributed by atoms with Crippen molar-refractivity contribution < 1.29 is 9.72 Å². The normalized spacial score (nSPS) is 13.9. The van der Waals surface area contributed by atoms with Gasteiger partial charge in [0.15, 0.2) is 0 Å². The predicted molar refractivity (Wildman–Crippen MR) is 77.4 cm³/mol. The van der Waals surface area contributed by atoms with Crippen LogP contribution >= 0.6 is 11.3 Å². The summed E-state index contributed by atoms with van der Waals surface area (Å²) in [6.45, 7) is 0.600. The highest BCUT2D eigenvalue weighted by Crippen LogP contribution is 2.34. The van der Waals surface area contributed by atoms with E-state index in [1.54, 1.807) is 28.5 Å². The molecule has 0 bridgehead atoms. The lowest BCUT2D eigenvalue weighted by molar-refractivity contribution is -0.385. The molecule has 0 aliphatic carbocycles. The zero-order valence-corrected chi connectivity index (χ0v) is 11.4. The minimum Gasteiger partial charge on any atom is -0.308 e. The van der Waals surface area contributed by atoms with Crippen molar-refractivity contribution in [1.82, 2.24) is 0 Å². The van der Waals surface area contributed by atoms with E-state index >= 15 is 0 Å². The van der Waals surface area contributed by atoms with Gasteiger partial charge in [-0.05, 0) is 30.4 Å². The minimum atomic E-state index is -0.378. The standard InChI is InChI=1S/C14H12N2O3S/c17-14(10-6-8-20-9-10)15-7-2-3-11-12(15)4-1-5-13(11)16(18)19/h1,4-6,8-9H,2-3,7H2. The maximum atomic E-state index is 12.5. The van der Waals surface area contributed by atoms with E-state index in [0.717, 1.165) is 6.42 Å². The van der Waals surface area contributed by atoms with Crippen molar-refractivity contribution in [2.45, 2.75) is 12.8 Å². The van der Waals surface area contributed by atoms with Crippen LogP contribution in [0, 0.1) is 10.1 Å². The Morgan fingerprint density at radius 3 is 2.90 bits per heavy atom. The van der Waals surface area contributed by atoms with Crippen LogP contribution in [0.3, 0.4) is 0 Å². The van der Waals surface area contributed by atoms with Crippen molar-refractivity contribution in [2.24, 2.45) is 0 Å². The van der Waals surface area contributed by atoms with Gasteiger partial charge < -0.3 is 4.90 Å². The second-order valence-electron chi connectivity index (χ2n) is 4.60. The molecule has 6 heteroatoms. The van der Waals surface area contributed by atoms with E-state index in [0.29, 0.717) is 29.8 Å². The average Bonchev–Trinajstić information content (AvgIpc) is 2.99. The predicted octanol–water partition coefficient (Wildman–Crippen LogP) is 3.25. The zero-order chi connectivity index (χ0) is 14.1. The Balaban J connectivity index is 2.05. The van der Waals surface area contributed by atoms with Gasteiger partial charge in [-0.2, -0.15) is 11.3 Å². The largest absolute Gasteiger partial charge is 0.308 e. The van der Waals surface area contributed by atoms with Gasteiger partial charge in [-0.15, -0.1) is 0 Å². The Kier molecular flexibility index (Phi) is 3.23. The molecular weight excluding hydrogens is 276 g/mol. The van der Waals surface area contributed by atoms with Crippen molar-refractivity contribution >= 4 is 28.6 Å². The van der Waals surface area contributed by atoms with E-state index < -0.39 is 0 Å². The third-order valence-corrected chi connectivity index (χ3v) is 4.12. The van der Waals surface area contributed by atoms with Gasteiger partial charge in [0.1, 0.15) is 0 Å². The molecule has 1 aliphatic heterocycles. The van der Waals surface area contributed by atoms with Crippen molar-refractivity contribution in [3.63, 3.8) is 0 Å². The second-order valence-corrected chi connectivity index (χ2v) is 5.38. The Labute approximate surface area is 119 Å². The molecule has 0 fully saturated rings. The molecule has 0 N–H and O–H groups in total. The van der Waals surface area contributed by atoms with Crippen LogP contribution in [0.2, 0.25) is 0 Å². The average molecular weight is 288 g/mol. The van der Waals surface area contributed by atoms with E-state index in [2.05, 4.69) is 0 Å². The Hall–Kier alpha value is -2.21. The van der Waals surface area contributed by atoms with Gasteiger partial charge in [-0.3, -0.25) is 14.9 Å². The van der Waals surface area contributed by atoms with Crippen molar-refractivity contribution in [3.05, 3.63) is 56.3 Å². The summed E-state index contributed by atoms with van der Waals surface area (Å²) >= 11 is 1.47. The van der Waals surface area contributed by atoms with E-state index in [-0.39, 0.29) is 16.5 Å². The summed E-state index contributed by atoms with van der Waals surface area (Å²) in [4.78, 5) is 24.8. The van der Waals surface area contributed by atoms with Crippen LogP contribution < -0.4 is 4.90 Å². The molecule has 0 atom stereocenters. The van der Waals surface area contributed by atoms with Crippen LogP contribution in [0.1, 0.15) is 22.3 Å². The van der Waals surface area contributed by atoms with Gasteiger partial charge >= 0.3 is 0 Å². The van der Waals surface area contributed by atoms with Gasteiger partial charge in [0.2, 0.25) is 0 Å². The third-order valence-electron chi connectivity index (χ3n) is 3.44. The fraction of sp³-hybridized carbons (Fsp3) is 0.214. The SMILES string of the molecule is O=C(c1ccsc1)N1CCCc2c1cccc2[N+](=O)[O-]. The number of nitro benzene ring substituents is 1. The van der Waals surface area contributed by atoms with Crippen LogP contribution in [0.4, 0.5) is 11.4 Å². The van der Waals surface area contributed by atoms with E-state index in [4.69, 9.17) is 0 Å². The summed E-state index contributed by atoms with van der Waals surface area (Å²) in [6, 6.07) is 6.69. The van der Waals surface area contributed by atoms with Gasteiger partial charge in [0.05, 0.1) is 21.7 Å². The summed E-state index contributed by atoms with van der Waals surface area (Å²) < 4.78 is 0. The molecule has 2 heterocycles. The van der Waals surface area contributed by atoms with Crippen molar-refractivity contribution in [3.8, 4) is 0 Å². The quantitative estimate of drug-likeness (QED) is 0.629. The summed E-state index contributed by atoms with van der Waals surface area (Å²) in [5.41, 5.74) is 2.06. The van der Waals surface area contributed by atoms with Crippen LogP contribution in [0.15, 0.2) is 35.0 Å². The first-order valence-electron chi connectivity index (χ1n) is 6.29. The van der Waals surface area contributed by atoms with Crippen LogP contribution in [-0.2, 0) is 6.42 Å². The molecule has 1 aliphatic rings. The Bertz CT molecular complexity index is 667. The Morgan fingerprint density at radius 1 is 1.35 bits per heavy atom. The number of nitro groups is 1. The molecule has 102 valence electrons. The number of nitrogens with zero attached hydrogens (tertiary/aromatic N) is 2. The molecule has 3 rings (SSSR count). The third kappa shape index (κ3) is 2.08. The number of thiophene rings is 1. The Morgan fingerprint density at radius 2 is 2.20 bits per heavy atom. The highest BCUT2D eigenvalue weighted by atomic mass is 32.1. The van der Waals surface area contributed by atoms with Crippen molar-refractivity contribution in [2.75, 3.05) is 11.4 Å². The number of carbonyl (C=O) groups excluding carboxylic acids is 1. The summed E-state index contributed by atoms with van der Waals surface area (Å²) in [5.74, 6) is -0.0901. The number of amides is 1. The van der Waals surface area contributed by atoms with E-state index in [1.807, 2.05) is 5.38 Å². The molecule has 1 aromatic heterocycles. The monoisotopic (exact) mass is 288 g/mol. The number of rotatable bonds is 2. The van der Waals surface area contributed by atoms with E-state index in [9.17, 15) is 14.9 Å². The van der Waals surface area contributed by atoms with Crippen molar-refractivity contribution in [1.29, 1.82) is 0 Å². The first-order valence-corrected chi connectivity index (χ1v) is 7.23. The minimum absolute atomic E-state index is 0.0901. The number of carbonyl (C=O) groups is 1. The van der Waals surface area contributed by atoms with Crippen LogP contribution in [-0.4, -0.2) is 17.4 Å². The molecule has 2 aromatic rings. The van der Waals surface area contributed by atoms with Gasteiger partial charge in [-0.25, -0.2) is 0 Å². The number of fused-ring (bicyclic) bond motifs is 1.